The molecule has 1 unspecified atom stereocenters. The van der Waals surface area contributed by atoms with Gasteiger partial charge in [-0.05, 0) is 37.5 Å². The van der Waals surface area contributed by atoms with Crippen molar-refractivity contribution in [2.24, 2.45) is 10.4 Å². The molecule has 0 aromatic heterocycles. The minimum absolute atomic E-state index is 0. The Balaban J connectivity index is 0.00000320. The molecular weight excluding hydrogens is 497 g/mol. The van der Waals surface area contributed by atoms with Crippen LogP contribution in [0.3, 0.4) is 0 Å². The lowest BCUT2D eigenvalue weighted by Crippen LogP contribution is -2.45. The molecule has 170 valence electrons. The van der Waals surface area contributed by atoms with Crippen LogP contribution in [0, 0.1) is 5.41 Å². The number of guanidine groups is 1. The van der Waals surface area contributed by atoms with E-state index in [1.54, 1.807) is 0 Å². The van der Waals surface area contributed by atoms with E-state index in [0.717, 1.165) is 50.0 Å². The lowest BCUT2D eigenvalue weighted by Gasteiger charge is -2.29. The molecule has 1 aromatic rings. The fourth-order valence-corrected chi connectivity index (χ4v) is 3.76. The summed E-state index contributed by atoms with van der Waals surface area (Å²) in [5.74, 6) is 2.41. The molecule has 1 fully saturated rings. The number of rotatable bonds is 8. The Hall–Kier alpha value is -1.26. The van der Waals surface area contributed by atoms with Crippen LogP contribution in [0.5, 0.6) is 11.5 Å². The molecule has 0 amide bonds. The van der Waals surface area contributed by atoms with E-state index in [2.05, 4.69) is 43.5 Å². The van der Waals surface area contributed by atoms with E-state index in [0.29, 0.717) is 26.4 Å². The van der Waals surface area contributed by atoms with Gasteiger partial charge in [-0.3, -0.25) is 4.99 Å². The summed E-state index contributed by atoms with van der Waals surface area (Å²) in [7, 11) is 0. The summed E-state index contributed by atoms with van der Waals surface area (Å²) in [5, 5.41) is 16.2. The maximum atomic E-state index is 9.43. The van der Waals surface area contributed by atoms with Gasteiger partial charge in [0.2, 0.25) is 0 Å². The van der Waals surface area contributed by atoms with Crippen LogP contribution >= 0.6 is 24.0 Å². The van der Waals surface area contributed by atoms with Gasteiger partial charge in [-0.2, -0.15) is 0 Å². The Morgan fingerprint density at radius 2 is 1.93 bits per heavy atom. The molecule has 7 nitrogen and oxygen atoms in total. The van der Waals surface area contributed by atoms with Gasteiger partial charge in [0, 0.05) is 37.1 Å². The predicted octanol–water partition coefficient (Wildman–Crippen LogP) is 2.70. The summed E-state index contributed by atoms with van der Waals surface area (Å²) < 4.78 is 17.0. The third-order valence-corrected chi connectivity index (χ3v) is 5.76. The Labute approximate surface area is 197 Å². The highest BCUT2D eigenvalue weighted by atomic mass is 127. The number of ether oxygens (including phenoxy) is 3. The molecule has 8 heteroatoms. The summed E-state index contributed by atoms with van der Waals surface area (Å²) >= 11 is 0. The van der Waals surface area contributed by atoms with Gasteiger partial charge in [-0.1, -0.05) is 19.9 Å². The number of aliphatic hydroxyl groups is 1. The molecule has 0 aliphatic carbocycles. The number of nitrogens with zero attached hydrogens (tertiary/aromatic N) is 1. The highest BCUT2D eigenvalue weighted by Crippen LogP contribution is 2.35. The molecule has 3 N–H and O–H groups in total. The largest absolute Gasteiger partial charge is 0.486 e. The zero-order valence-electron chi connectivity index (χ0n) is 18.3. The van der Waals surface area contributed by atoms with E-state index < -0.39 is 0 Å². The Bertz CT molecular complexity index is 706. The van der Waals surface area contributed by atoms with E-state index in [-0.39, 0.29) is 41.4 Å². The summed E-state index contributed by atoms with van der Waals surface area (Å²) in [6, 6.07) is 6.14. The number of aliphatic hydroxyl groups excluding tert-OH is 1. The monoisotopic (exact) mass is 533 g/mol. The average molecular weight is 533 g/mol. The SMILES string of the molecule is CCNC(=NCC(C)(C)c1ccc2c(c1)OCCO2)NCC1(CCO)CCOC1.I. The van der Waals surface area contributed by atoms with Crippen LogP contribution in [0.1, 0.15) is 39.2 Å². The van der Waals surface area contributed by atoms with Crippen molar-refractivity contribution in [2.45, 2.75) is 39.0 Å². The topological polar surface area (TPSA) is 84.3 Å². The molecule has 2 aliphatic heterocycles. The van der Waals surface area contributed by atoms with Crippen LogP contribution in [0.2, 0.25) is 0 Å². The summed E-state index contributed by atoms with van der Waals surface area (Å²) in [6.07, 6.45) is 1.70. The maximum absolute atomic E-state index is 9.43. The summed E-state index contributed by atoms with van der Waals surface area (Å²) in [4.78, 5) is 4.84. The second-order valence-electron chi connectivity index (χ2n) is 8.57. The van der Waals surface area contributed by atoms with Crippen LogP contribution < -0.4 is 20.1 Å². The van der Waals surface area contributed by atoms with Crippen molar-refractivity contribution in [1.29, 1.82) is 0 Å². The molecule has 1 aromatic carbocycles. The van der Waals surface area contributed by atoms with E-state index in [4.69, 9.17) is 19.2 Å². The van der Waals surface area contributed by atoms with E-state index in [1.807, 2.05) is 6.07 Å². The van der Waals surface area contributed by atoms with Crippen molar-refractivity contribution < 1.29 is 19.3 Å². The van der Waals surface area contributed by atoms with Crippen molar-refractivity contribution >= 4 is 29.9 Å². The third-order valence-electron chi connectivity index (χ3n) is 5.76. The molecule has 2 heterocycles. The molecule has 0 radical (unpaired) electrons. The van der Waals surface area contributed by atoms with Crippen molar-refractivity contribution in [3.8, 4) is 11.5 Å². The van der Waals surface area contributed by atoms with Gasteiger partial charge < -0.3 is 30.0 Å². The molecule has 1 atom stereocenters. The van der Waals surface area contributed by atoms with Gasteiger partial charge in [0.15, 0.2) is 17.5 Å². The number of nitrogens with one attached hydrogen (secondary N) is 2. The molecule has 1 saturated heterocycles. The zero-order chi connectivity index (χ0) is 20.7. The van der Waals surface area contributed by atoms with Crippen LogP contribution in [0.4, 0.5) is 0 Å². The lowest BCUT2D eigenvalue weighted by molar-refractivity contribution is 0.127. The number of benzene rings is 1. The Morgan fingerprint density at radius 3 is 2.60 bits per heavy atom. The fraction of sp³-hybridized carbons (Fsp3) is 0.682. The van der Waals surface area contributed by atoms with E-state index in [1.165, 1.54) is 5.56 Å². The minimum atomic E-state index is -0.155. The molecule has 0 saturated carbocycles. The number of fused-ring (bicyclic) bond motifs is 1. The first kappa shape index (κ1) is 25.0. The third kappa shape index (κ3) is 6.37. The molecule has 30 heavy (non-hydrogen) atoms. The second kappa shape index (κ2) is 11.4. The van der Waals surface area contributed by atoms with Gasteiger partial charge in [0.25, 0.3) is 0 Å². The zero-order valence-corrected chi connectivity index (χ0v) is 20.7. The molecule has 2 aliphatic rings. The first-order valence-electron chi connectivity index (χ1n) is 10.6. The maximum Gasteiger partial charge on any atom is 0.191 e. The van der Waals surface area contributed by atoms with Crippen molar-refractivity contribution in [3.05, 3.63) is 23.8 Å². The van der Waals surface area contributed by atoms with E-state index >= 15 is 0 Å². The number of aliphatic imine (C=N–C) groups is 1. The predicted molar refractivity (Wildman–Crippen MR) is 129 cm³/mol. The lowest BCUT2D eigenvalue weighted by atomic mass is 9.84. The van der Waals surface area contributed by atoms with Gasteiger partial charge in [-0.15, -0.1) is 24.0 Å². The van der Waals surface area contributed by atoms with Crippen molar-refractivity contribution in [2.75, 3.05) is 52.7 Å². The standard InChI is InChI=1S/C22H35N3O4.HI/c1-4-23-20(25-15-22(7-9-26)8-10-27-16-22)24-14-21(2,3)17-5-6-18-19(13-17)29-12-11-28-18;/h5-6,13,26H,4,7-12,14-16H2,1-3H3,(H2,23,24,25);1H. The summed E-state index contributed by atoms with van der Waals surface area (Å²) in [6.45, 7) is 11.4. The average Bonchev–Trinajstić information content (AvgIpc) is 3.19. The fourth-order valence-electron chi connectivity index (χ4n) is 3.76. The second-order valence-corrected chi connectivity index (χ2v) is 8.57. The van der Waals surface area contributed by atoms with Gasteiger partial charge in [0.05, 0.1) is 13.2 Å². The summed E-state index contributed by atoms with van der Waals surface area (Å²) in [5.41, 5.74) is 0.996. The van der Waals surface area contributed by atoms with Crippen LogP contribution in [0.15, 0.2) is 23.2 Å². The quantitative estimate of drug-likeness (QED) is 0.271. The smallest absolute Gasteiger partial charge is 0.191 e. The van der Waals surface area contributed by atoms with Gasteiger partial charge in [0.1, 0.15) is 13.2 Å². The van der Waals surface area contributed by atoms with Gasteiger partial charge >= 0.3 is 0 Å². The van der Waals surface area contributed by atoms with Crippen LogP contribution in [-0.4, -0.2) is 63.7 Å². The highest BCUT2D eigenvalue weighted by Gasteiger charge is 2.34. The number of halogens is 1. The first-order chi connectivity index (χ1) is 14.0. The molecular formula is C22H36IN3O4. The molecule has 0 spiro atoms. The van der Waals surface area contributed by atoms with Crippen molar-refractivity contribution in [3.63, 3.8) is 0 Å². The number of hydrogen-bond donors (Lipinski definition) is 3. The number of hydrogen-bond acceptors (Lipinski definition) is 5. The van der Waals surface area contributed by atoms with Crippen LogP contribution in [-0.2, 0) is 10.2 Å². The van der Waals surface area contributed by atoms with Crippen molar-refractivity contribution in [1.82, 2.24) is 10.6 Å². The minimum Gasteiger partial charge on any atom is -0.486 e. The normalized spacial score (nSPS) is 21.1. The van der Waals surface area contributed by atoms with Crippen LogP contribution in [0.25, 0.3) is 0 Å². The Morgan fingerprint density at radius 1 is 1.17 bits per heavy atom. The molecule has 3 rings (SSSR count). The highest BCUT2D eigenvalue weighted by molar-refractivity contribution is 14.0. The van der Waals surface area contributed by atoms with Gasteiger partial charge in [-0.25, -0.2) is 0 Å². The van der Waals surface area contributed by atoms with E-state index in [9.17, 15) is 5.11 Å². The molecule has 0 bridgehead atoms. The Kier molecular flexibility index (Phi) is 9.49. The first-order valence-corrected chi connectivity index (χ1v) is 10.6.